The maximum Gasteiger partial charge on any atom is 0.237 e. The first-order chi connectivity index (χ1) is 9.99. The van der Waals surface area contributed by atoms with Gasteiger partial charge in [0, 0.05) is 25.0 Å². The van der Waals surface area contributed by atoms with Crippen molar-refractivity contribution in [2.45, 2.75) is 12.8 Å². The maximum absolute atomic E-state index is 12.6. The van der Waals surface area contributed by atoms with Crippen LogP contribution in [0, 0.1) is 5.41 Å². The number of hydrogen-bond acceptors (Lipinski definition) is 4. The number of thiocarbonyl (C=S) groups is 1. The maximum atomic E-state index is 12.6. The summed E-state index contributed by atoms with van der Waals surface area (Å²) in [7, 11) is 1.57. The summed E-state index contributed by atoms with van der Waals surface area (Å²) in [6.45, 7) is 0.961. The highest BCUT2D eigenvalue weighted by molar-refractivity contribution is 9.10. The third kappa shape index (κ3) is 3.36. The first-order valence-corrected chi connectivity index (χ1v) is 7.72. The fraction of sp³-hybridized carbons (Fsp3) is 0.429. The number of benzene rings is 1. The molecule has 0 aliphatic carbocycles. The third-order valence-corrected chi connectivity index (χ3v) is 4.71. The Kier molecular flexibility index (Phi) is 5.18. The van der Waals surface area contributed by atoms with Crippen LogP contribution in [0.25, 0.3) is 0 Å². The van der Waals surface area contributed by atoms with E-state index < -0.39 is 5.41 Å². The van der Waals surface area contributed by atoms with Crippen LogP contribution in [-0.4, -0.2) is 31.2 Å². The Balaban J connectivity index is 2.21. The number of amides is 1. The number of hydrogen-bond donors (Lipinski definition) is 2. The summed E-state index contributed by atoms with van der Waals surface area (Å²) in [6.07, 6.45) is 1.00. The van der Waals surface area contributed by atoms with Gasteiger partial charge in [-0.2, -0.15) is 0 Å². The van der Waals surface area contributed by atoms with Crippen molar-refractivity contribution in [2.75, 3.05) is 25.6 Å². The Hall–Kier alpha value is -1.18. The van der Waals surface area contributed by atoms with E-state index in [0.717, 1.165) is 4.47 Å². The van der Waals surface area contributed by atoms with Gasteiger partial charge in [0.2, 0.25) is 5.91 Å². The molecular weight excluding hydrogens is 356 g/mol. The minimum absolute atomic E-state index is 0.192. The second kappa shape index (κ2) is 6.72. The van der Waals surface area contributed by atoms with Gasteiger partial charge in [-0.15, -0.1) is 0 Å². The Morgan fingerprint density at radius 2 is 2.14 bits per heavy atom. The number of ether oxygens (including phenoxy) is 2. The Bertz CT molecular complexity index is 559. The van der Waals surface area contributed by atoms with Gasteiger partial charge >= 0.3 is 0 Å². The van der Waals surface area contributed by atoms with Crippen LogP contribution < -0.4 is 15.8 Å². The molecule has 1 aromatic rings. The smallest absolute Gasteiger partial charge is 0.237 e. The van der Waals surface area contributed by atoms with Crippen LogP contribution in [0.15, 0.2) is 22.7 Å². The number of nitrogens with two attached hydrogens (primary N) is 1. The minimum atomic E-state index is -0.839. The molecule has 7 heteroatoms. The lowest BCUT2D eigenvalue weighted by Crippen LogP contribution is -2.49. The molecule has 114 valence electrons. The fourth-order valence-corrected chi connectivity index (χ4v) is 3.00. The number of carbonyl (C=O) groups excluding carboxylic acids is 1. The average Bonchev–Trinajstić information content (AvgIpc) is 2.49. The number of halogens is 1. The monoisotopic (exact) mass is 372 g/mol. The van der Waals surface area contributed by atoms with E-state index in [1.807, 2.05) is 6.07 Å². The average molecular weight is 373 g/mol. The molecule has 1 heterocycles. The second-order valence-corrected chi connectivity index (χ2v) is 6.16. The summed E-state index contributed by atoms with van der Waals surface area (Å²) in [5.41, 5.74) is 5.62. The highest BCUT2D eigenvalue weighted by atomic mass is 79.9. The zero-order chi connectivity index (χ0) is 15.5. The first kappa shape index (κ1) is 16.2. The fourth-order valence-electron chi connectivity index (χ4n) is 2.29. The zero-order valence-corrected chi connectivity index (χ0v) is 14.1. The van der Waals surface area contributed by atoms with Gasteiger partial charge in [0.1, 0.15) is 11.2 Å². The van der Waals surface area contributed by atoms with E-state index in [2.05, 4.69) is 21.2 Å². The van der Waals surface area contributed by atoms with Crippen molar-refractivity contribution >= 4 is 44.7 Å². The van der Waals surface area contributed by atoms with Crippen molar-refractivity contribution in [1.82, 2.24) is 0 Å². The van der Waals surface area contributed by atoms with Crippen molar-refractivity contribution in [3.05, 3.63) is 22.7 Å². The van der Waals surface area contributed by atoms with Gasteiger partial charge in [-0.25, -0.2) is 0 Å². The molecule has 0 atom stereocenters. The molecule has 0 bridgehead atoms. The highest BCUT2D eigenvalue weighted by Gasteiger charge is 2.43. The van der Waals surface area contributed by atoms with Crippen LogP contribution in [0.1, 0.15) is 12.8 Å². The van der Waals surface area contributed by atoms with Crippen molar-refractivity contribution in [2.24, 2.45) is 11.1 Å². The lowest BCUT2D eigenvalue weighted by molar-refractivity contribution is -0.126. The third-order valence-electron chi connectivity index (χ3n) is 3.66. The second-order valence-electron chi connectivity index (χ2n) is 4.86. The lowest BCUT2D eigenvalue weighted by Gasteiger charge is -2.34. The van der Waals surface area contributed by atoms with E-state index in [9.17, 15) is 4.79 Å². The topological polar surface area (TPSA) is 73.6 Å². The summed E-state index contributed by atoms with van der Waals surface area (Å²) in [4.78, 5) is 12.8. The Morgan fingerprint density at radius 1 is 1.48 bits per heavy atom. The van der Waals surface area contributed by atoms with Gasteiger partial charge in [0.25, 0.3) is 0 Å². The van der Waals surface area contributed by atoms with E-state index >= 15 is 0 Å². The SMILES string of the molecule is COc1cc(NC(=O)C2(C(N)=S)CCOCC2)ccc1Br. The molecule has 0 unspecified atom stereocenters. The summed E-state index contributed by atoms with van der Waals surface area (Å²) < 4.78 is 11.3. The Morgan fingerprint density at radius 3 is 2.71 bits per heavy atom. The van der Waals surface area contributed by atoms with Gasteiger partial charge in [-0.1, -0.05) is 12.2 Å². The Labute approximate surface area is 137 Å². The molecule has 0 spiro atoms. The summed E-state index contributed by atoms with van der Waals surface area (Å²) in [5, 5.41) is 2.87. The number of anilines is 1. The molecule has 21 heavy (non-hydrogen) atoms. The first-order valence-electron chi connectivity index (χ1n) is 6.52. The highest BCUT2D eigenvalue weighted by Crippen LogP contribution is 2.34. The summed E-state index contributed by atoms with van der Waals surface area (Å²) in [5.74, 6) is 0.451. The number of nitrogens with one attached hydrogen (secondary N) is 1. The molecule has 0 radical (unpaired) electrons. The number of methoxy groups -OCH3 is 1. The van der Waals surface area contributed by atoms with Crippen LogP contribution in [0.5, 0.6) is 5.75 Å². The van der Waals surface area contributed by atoms with Crippen molar-refractivity contribution in [3.63, 3.8) is 0 Å². The van der Waals surface area contributed by atoms with Gasteiger partial charge < -0.3 is 20.5 Å². The molecule has 2 rings (SSSR count). The molecular formula is C14H17BrN2O3S. The van der Waals surface area contributed by atoms with Gasteiger partial charge in [-0.05, 0) is 40.9 Å². The summed E-state index contributed by atoms with van der Waals surface area (Å²) >= 11 is 8.49. The normalized spacial score (nSPS) is 17.0. The molecule has 1 aliphatic rings. The van der Waals surface area contributed by atoms with E-state index in [-0.39, 0.29) is 10.9 Å². The quantitative estimate of drug-likeness (QED) is 0.794. The molecule has 1 amide bonds. The van der Waals surface area contributed by atoms with Gasteiger partial charge in [-0.3, -0.25) is 4.79 Å². The van der Waals surface area contributed by atoms with E-state index in [1.165, 1.54) is 0 Å². The molecule has 0 saturated carbocycles. The van der Waals surface area contributed by atoms with Crippen LogP contribution in [0.2, 0.25) is 0 Å². The summed E-state index contributed by atoms with van der Waals surface area (Å²) in [6, 6.07) is 5.34. The zero-order valence-electron chi connectivity index (χ0n) is 11.6. The lowest BCUT2D eigenvalue weighted by atomic mass is 9.79. The number of carbonyl (C=O) groups is 1. The van der Waals surface area contributed by atoms with Crippen LogP contribution >= 0.6 is 28.1 Å². The van der Waals surface area contributed by atoms with E-state index in [0.29, 0.717) is 37.5 Å². The van der Waals surface area contributed by atoms with E-state index in [4.69, 9.17) is 27.4 Å². The molecule has 1 aromatic carbocycles. The predicted molar refractivity (Wildman–Crippen MR) is 88.6 cm³/mol. The van der Waals surface area contributed by atoms with Crippen LogP contribution in [0.4, 0.5) is 5.69 Å². The van der Waals surface area contributed by atoms with Crippen molar-refractivity contribution in [1.29, 1.82) is 0 Å². The predicted octanol–water partition coefficient (Wildman–Crippen LogP) is 2.48. The molecule has 3 N–H and O–H groups in total. The molecule has 1 fully saturated rings. The molecule has 5 nitrogen and oxygen atoms in total. The van der Waals surface area contributed by atoms with Crippen molar-refractivity contribution < 1.29 is 14.3 Å². The van der Waals surface area contributed by atoms with Gasteiger partial charge in [0.05, 0.1) is 16.6 Å². The molecule has 0 aromatic heterocycles. The molecule has 1 saturated heterocycles. The van der Waals surface area contributed by atoms with Crippen LogP contribution in [-0.2, 0) is 9.53 Å². The molecule has 1 aliphatic heterocycles. The standard InChI is InChI=1S/C14H17BrN2O3S/c1-19-11-8-9(2-3-10(11)15)17-13(18)14(12(16)21)4-6-20-7-5-14/h2-3,8H,4-7H2,1H3,(H2,16,21)(H,17,18). The van der Waals surface area contributed by atoms with Crippen LogP contribution in [0.3, 0.4) is 0 Å². The van der Waals surface area contributed by atoms with E-state index in [1.54, 1.807) is 19.2 Å². The largest absolute Gasteiger partial charge is 0.495 e. The number of rotatable bonds is 4. The van der Waals surface area contributed by atoms with Gasteiger partial charge in [0.15, 0.2) is 0 Å². The minimum Gasteiger partial charge on any atom is -0.495 e. The van der Waals surface area contributed by atoms with Crippen molar-refractivity contribution in [3.8, 4) is 5.75 Å².